The molecule has 0 radical (unpaired) electrons. The van der Waals surface area contributed by atoms with E-state index in [0.717, 1.165) is 15.3 Å². The van der Waals surface area contributed by atoms with Crippen LogP contribution in [0.15, 0.2) is 62.6 Å². The van der Waals surface area contributed by atoms with Crippen molar-refractivity contribution in [3.05, 3.63) is 63.6 Å². The largest absolute Gasteiger partial charge is 0.490 e. The van der Waals surface area contributed by atoms with Gasteiger partial charge in [0.25, 0.3) is 5.91 Å². The lowest BCUT2D eigenvalue weighted by molar-refractivity contribution is -0.114. The first-order valence-corrected chi connectivity index (χ1v) is 12.0. The second-order valence-corrected chi connectivity index (χ2v) is 9.71. The molecule has 0 bridgehead atoms. The molecule has 33 heavy (non-hydrogen) atoms. The molecule has 0 saturated carbocycles. The van der Waals surface area contributed by atoms with Crippen LogP contribution in [0, 0.1) is 18.3 Å². The van der Waals surface area contributed by atoms with Gasteiger partial charge in [-0.05, 0) is 55.1 Å². The van der Waals surface area contributed by atoms with Gasteiger partial charge in [-0.2, -0.15) is 15.1 Å². The van der Waals surface area contributed by atoms with Crippen LogP contribution in [0.1, 0.15) is 25.0 Å². The summed E-state index contributed by atoms with van der Waals surface area (Å²) in [4.78, 5) is 16.8. The molecule has 1 N–H and O–H groups in total. The molecule has 0 atom stereocenters. The van der Waals surface area contributed by atoms with Crippen molar-refractivity contribution in [2.75, 3.05) is 13.2 Å². The molecule has 1 amide bonds. The number of carbonyl (C=O) groups is 1. The first kappa shape index (κ1) is 23.3. The van der Waals surface area contributed by atoms with E-state index in [1.807, 2.05) is 63.2 Å². The number of aliphatic imine (C=N–C) groups is 1. The normalized spacial score (nSPS) is 16.8. The van der Waals surface area contributed by atoms with Crippen molar-refractivity contribution in [3.63, 3.8) is 0 Å². The van der Waals surface area contributed by atoms with Gasteiger partial charge in [0.2, 0.25) is 5.17 Å². The maximum absolute atomic E-state index is 12.7. The number of halogens is 1. The molecule has 2 heterocycles. The first-order valence-electron chi connectivity index (χ1n) is 10.4. The highest BCUT2D eigenvalue weighted by atomic mass is 79.9. The smallest absolute Gasteiger partial charge is 0.283 e. The molecule has 170 valence electrons. The maximum atomic E-state index is 12.7. The van der Waals surface area contributed by atoms with E-state index < -0.39 is 5.91 Å². The number of ether oxygens (including phenoxy) is 2. The summed E-state index contributed by atoms with van der Waals surface area (Å²) < 4.78 is 12.5. The van der Waals surface area contributed by atoms with Gasteiger partial charge in [-0.3, -0.25) is 10.2 Å². The van der Waals surface area contributed by atoms with Gasteiger partial charge in [0.05, 0.1) is 5.57 Å². The van der Waals surface area contributed by atoms with Gasteiger partial charge < -0.3 is 9.47 Å². The zero-order valence-corrected chi connectivity index (χ0v) is 20.9. The van der Waals surface area contributed by atoms with Crippen LogP contribution < -0.4 is 9.47 Å². The van der Waals surface area contributed by atoms with Gasteiger partial charge in [0.1, 0.15) is 29.8 Å². The second kappa shape index (κ2) is 9.93. The van der Waals surface area contributed by atoms with Gasteiger partial charge in [0.15, 0.2) is 5.84 Å². The molecule has 2 aromatic carbocycles. The predicted molar refractivity (Wildman–Crippen MR) is 136 cm³/mol. The summed E-state index contributed by atoms with van der Waals surface area (Å²) in [6.45, 7) is 6.75. The minimum Gasteiger partial charge on any atom is -0.490 e. The number of amidine groups is 2. The van der Waals surface area contributed by atoms with Crippen molar-refractivity contribution in [2.24, 2.45) is 16.0 Å². The molecule has 0 aliphatic carbocycles. The van der Waals surface area contributed by atoms with Crippen LogP contribution in [0.4, 0.5) is 0 Å². The Bertz CT molecular complexity index is 1190. The summed E-state index contributed by atoms with van der Waals surface area (Å²) in [6, 6.07) is 13.3. The Labute approximate surface area is 205 Å². The second-order valence-electron chi connectivity index (χ2n) is 7.81. The lowest BCUT2D eigenvalue weighted by Gasteiger charge is -2.20. The number of fused-ring (bicyclic) bond motifs is 1. The summed E-state index contributed by atoms with van der Waals surface area (Å²) in [5, 5.41) is 15.7. The summed E-state index contributed by atoms with van der Waals surface area (Å²) in [6.07, 6.45) is 1.62. The molecule has 7 nitrogen and oxygen atoms in total. The minimum absolute atomic E-state index is 0.00165. The summed E-state index contributed by atoms with van der Waals surface area (Å²) in [5.41, 5.74) is 1.99. The average Bonchev–Trinajstić information content (AvgIpc) is 3.21. The molecule has 9 heteroatoms. The van der Waals surface area contributed by atoms with Gasteiger partial charge in [0, 0.05) is 16.0 Å². The number of amides is 1. The molecule has 2 aliphatic heterocycles. The van der Waals surface area contributed by atoms with Crippen molar-refractivity contribution in [1.82, 2.24) is 5.01 Å². The van der Waals surface area contributed by atoms with E-state index in [1.54, 1.807) is 6.08 Å². The lowest BCUT2D eigenvalue weighted by Crippen LogP contribution is -2.35. The molecule has 2 aliphatic rings. The highest BCUT2D eigenvalue weighted by Crippen LogP contribution is 2.32. The Morgan fingerprint density at radius 2 is 1.88 bits per heavy atom. The molecular weight excluding hydrogens is 504 g/mol. The SMILES string of the molecule is Cc1ccc(OCCOc2ccc(Br)cc2/C=C2/C(=N)N3N=C(C(C)C)SC3=NC2=O)cc1. The van der Waals surface area contributed by atoms with E-state index >= 15 is 0 Å². The van der Waals surface area contributed by atoms with Crippen LogP contribution in [0.2, 0.25) is 0 Å². The number of carbonyl (C=O) groups excluding carboxylic acids is 1. The van der Waals surface area contributed by atoms with Crippen LogP contribution in [0.5, 0.6) is 11.5 Å². The molecule has 0 saturated heterocycles. The molecule has 0 spiro atoms. The highest BCUT2D eigenvalue weighted by Gasteiger charge is 2.36. The van der Waals surface area contributed by atoms with E-state index in [2.05, 4.69) is 26.0 Å². The van der Waals surface area contributed by atoms with E-state index in [0.29, 0.717) is 29.7 Å². The minimum atomic E-state index is -0.465. The Morgan fingerprint density at radius 3 is 2.61 bits per heavy atom. The zero-order chi connectivity index (χ0) is 23.5. The number of benzene rings is 2. The average molecular weight is 527 g/mol. The van der Waals surface area contributed by atoms with Gasteiger partial charge in [-0.15, -0.1) is 0 Å². The van der Waals surface area contributed by atoms with E-state index in [1.165, 1.54) is 22.3 Å². The topological polar surface area (TPSA) is 87.3 Å². The highest BCUT2D eigenvalue weighted by molar-refractivity contribution is 9.10. The van der Waals surface area contributed by atoms with Crippen LogP contribution in [-0.2, 0) is 4.79 Å². The van der Waals surface area contributed by atoms with E-state index in [-0.39, 0.29) is 17.3 Å². The van der Waals surface area contributed by atoms with Crippen molar-refractivity contribution in [3.8, 4) is 11.5 Å². The van der Waals surface area contributed by atoms with Crippen molar-refractivity contribution in [2.45, 2.75) is 20.8 Å². The number of hydrazone groups is 1. The number of nitrogens with one attached hydrogen (secondary N) is 1. The van der Waals surface area contributed by atoms with Crippen molar-refractivity contribution >= 4 is 55.7 Å². The fourth-order valence-electron chi connectivity index (χ4n) is 3.10. The maximum Gasteiger partial charge on any atom is 0.283 e. The fraction of sp³-hybridized carbons (Fsp3) is 0.250. The van der Waals surface area contributed by atoms with Gasteiger partial charge >= 0.3 is 0 Å². The van der Waals surface area contributed by atoms with Crippen LogP contribution in [0.3, 0.4) is 0 Å². The molecule has 0 fully saturated rings. The monoisotopic (exact) mass is 526 g/mol. The number of thioether (sulfide) groups is 1. The summed E-state index contributed by atoms with van der Waals surface area (Å²) in [5.74, 6) is 1.08. The zero-order valence-electron chi connectivity index (χ0n) is 18.5. The van der Waals surface area contributed by atoms with E-state index in [9.17, 15) is 4.79 Å². The number of rotatable bonds is 7. The number of aryl methyl sites for hydroxylation is 1. The predicted octanol–water partition coefficient (Wildman–Crippen LogP) is 5.49. The van der Waals surface area contributed by atoms with Gasteiger partial charge in [-0.1, -0.05) is 47.5 Å². The summed E-state index contributed by atoms with van der Waals surface area (Å²) >= 11 is 4.79. The number of hydrogen-bond acceptors (Lipinski definition) is 6. The molecule has 0 unspecified atom stereocenters. The lowest BCUT2D eigenvalue weighted by atomic mass is 10.1. The molecule has 4 rings (SSSR count). The van der Waals surface area contributed by atoms with Gasteiger partial charge in [-0.25, -0.2) is 0 Å². The number of hydrogen-bond donors (Lipinski definition) is 1. The van der Waals surface area contributed by atoms with Crippen LogP contribution >= 0.6 is 27.7 Å². The third-order valence-electron chi connectivity index (χ3n) is 4.87. The standard InChI is InChI=1S/C24H23BrN4O3S/c1-14(2)23-28-29-21(26)19(22(30)27-24(29)33-23)13-16-12-17(25)6-9-20(16)32-11-10-31-18-7-4-15(3)5-8-18/h4-9,12-14,26H,10-11H2,1-3H3/b19-13-,26-21?. The summed E-state index contributed by atoms with van der Waals surface area (Å²) in [7, 11) is 0. The molecular formula is C24H23BrN4O3S. The van der Waals surface area contributed by atoms with Crippen LogP contribution in [0.25, 0.3) is 6.08 Å². The third-order valence-corrected chi connectivity index (χ3v) is 6.57. The Kier molecular flexibility index (Phi) is 6.99. The first-order chi connectivity index (χ1) is 15.8. The van der Waals surface area contributed by atoms with Crippen LogP contribution in [-0.4, -0.2) is 40.2 Å². The van der Waals surface area contributed by atoms with E-state index in [4.69, 9.17) is 14.9 Å². The quantitative estimate of drug-likeness (QED) is 0.380. The molecule has 2 aromatic rings. The Hall–Kier alpha value is -2.91. The Balaban J connectivity index is 1.50. The van der Waals surface area contributed by atoms with Crippen molar-refractivity contribution in [1.29, 1.82) is 5.41 Å². The fourth-order valence-corrected chi connectivity index (χ4v) is 4.38. The molecule has 0 aromatic heterocycles. The third kappa shape index (κ3) is 5.36. The number of nitrogens with zero attached hydrogens (tertiary/aromatic N) is 3. The Morgan fingerprint density at radius 1 is 1.15 bits per heavy atom. The van der Waals surface area contributed by atoms with Crippen molar-refractivity contribution < 1.29 is 14.3 Å².